The van der Waals surface area contributed by atoms with E-state index in [0.717, 1.165) is 5.56 Å². The monoisotopic (exact) mass is 280 g/mol. The molecule has 1 atom stereocenters. The van der Waals surface area contributed by atoms with Gasteiger partial charge < -0.3 is 10.1 Å². The Morgan fingerprint density at radius 3 is 2.74 bits per heavy atom. The first-order chi connectivity index (χ1) is 9.10. The fourth-order valence-electron chi connectivity index (χ4n) is 1.56. The SMILES string of the molecule is COC(=O)c1csc(NC(C)c2ccc(F)cc2)n1. The van der Waals surface area contributed by atoms with Crippen LogP contribution in [0.4, 0.5) is 9.52 Å². The van der Waals surface area contributed by atoms with Crippen LogP contribution in [0.5, 0.6) is 0 Å². The van der Waals surface area contributed by atoms with Gasteiger partial charge in [0.15, 0.2) is 10.8 Å². The third-order valence-electron chi connectivity index (χ3n) is 2.61. The number of carbonyl (C=O) groups excluding carboxylic acids is 1. The van der Waals surface area contributed by atoms with Gasteiger partial charge in [-0.1, -0.05) is 12.1 Å². The third-order valence-corrected chi connectivity index (χ3v) is 3.38. The van der Waals surface area contributed by atoms with E-state index in [2.05, 4.69) is 15.0 Å². The molecule has 4 nitrogen and oxygen atoms in total. The van der Waals surface area contributed by atoms with Gasteiger partial charge in [-0.25, -0.2) is 14.2 Å². The van der Waals surface area contributed by atoms with Crippen molar-refractivity contribution < 1.29 is 13.9 Å². The van der Waals surface area contributed by atoms with Crippen molar-refractivity contribution in [3.05, 3.63) is 46.7 Å². The number of thiazole rings is 1. The van der Waals surface area contributed by atoms with Crippen LogP contribution in [0.25, 0.3) is 0 Å². The van der Waals surface area contributed by atoms with Crippen LogP contribution in [0.15, 0.2) is 29.6 Å². The molecular weight excluding hydrogens is 267 g/mol. The van der Waals surface area contributed by atoms with Crippen LogP contribution in [0.3, 0.4) is 0 Å². The zero-order valence-corrected chi connectivity index (χ0v) is 11.3. The van der Waals surface area contributed by atoms with Gasteiger partial charge in [-0.3, -0.25) is 0 Å². The van der Waals surface area contributed by atoms with Crippen LogP contribution >= 0.6 is 11.3 Å². The van der Waals surface area contributed by atoms with Crippen molar-refractivity contribution in [2.24, 2.45) is 0 Å². The molecule has 1 aromatic carbocycles. The van der Waals surface area contributed by atoms with Crippen LogP contribution in [-0.2, 0) is 4.74 Å². The zero-order chi connectivity index (χ0) is 13.8. The minimum atomic E-state index is -0.460. The van der Waals surface area contributed by atoms with Crippen LogP contribution in [0.1, 0.15) is 29.0 Å². The lowest BCUT2D eigenvalue weighted by atomic mass is 10.1. The maximum absolute atomic E-state index is 12.8. The molecule has 0 bridgehead atoms. The Balaban J connectivity index is 2.06. The summed E-state index contributed by atoms with van der Waals surface area (Å²) in [4.78, 5) is 15.4. The number of rotatable bonds is 4. The highest BCUT2D eigenvalue weighted by molar-refractivity contribution is 7.13. The molecule has 0 spiro atoms. The minimum Gasteiger partial charge on any atom is -0.464 e. The van der Waals surface area contributed by atoms with Crippen LogP contribution < -0.4 is 5.32 Å². The Morgan fingerprint density at radius 2 is 2.11 bits per heavy atom. The molecule has 1 N–H and O–H groups in total. The molecule has 0 radical (unpaired) electrons. The smallest absolute Gasteiger partial charge is 0.357 e. The number of hydrogen-bond acceptors (Lipinski definition) is 5. The first-order valence-electron chi connectivity index (χ1n) is 5.66. The molecule has 0 saturated carbocycles. The van der Waals surface area contributed by atoms with E-state index in [9.17, 15) is 9.18 Å². The summed E-state index contributed by atoms with van der Waals surface area (Å²) in [5, 5.41) is 5.41. The van der Waals surface area contributed by atoms with E-state index in [1.807, 2.05) is 6.92 Å². The minimum absolute atomic E-state index is 0.0303. The zero-order valence-electron chi connectivity index (χ0n) is 10.5. The molecule has 0 saturated heterocycles. The molecule has 0 aliphatic rings. The normalized spacial score (nSPS) is 11.9. The van der Waals surface area contributed by atoms with Gasteiger partial charge in [0.1, 0.15) is 5.82 Å². The molecule has 6 heteroatoms. The van der Waals surface area contributed by atoms with E-state index in [0.29, 0.717) is 5.13 Å². The molecule has 0 fully saturated rings. The van der Waals surface area contributed by atoms with Gasteiger partial charge in [0.05, 0.1) is 13.2 Å². The molecule has 0 aliphatic heterocycles. The summed E-state index contributed by atoms with van der Waals surface area (Å²) >= 11 is 1.32. The van der Waals surface area contributed by atoms with Crippen molar-refractivity contribution in [3.63, 3.8) is 0 Å². The van der Waals surface area contributed by atoms with Crippen molar-refractivity contribution >= 4 is 22.4 Å². The number of hydrogen-bond donors (Lipinski definition) is 1. The number of nitrogens with zero attached hydrogens (tertiary/aromatic N) is 1. The number of anilines is 1. The lowest BCUT2D eigenvalue weighted by Crippen LogP contribution is -2.07. The molecule has 1 unspecified atom stereocenters. The summed E-state index contributed by atoms with van der Waals surface area (Å²) in [6.07, 6.45) is 0. The average molecular weight is 280 g/mol. The van der Waals surface area contributed by atoms with Gasteiger partial charge in [-0.05, 0) is 24.6 Å². The van der Waals surface area contributed by atoms with E-state index in [-0.39, 0.29) is 17.6 Å². The highest BCUT2D eigenvalue weighted by Gasteiger charge is 2.12. The number of carbonyl (C=O) groups is 1. The summed E-state index contributed by atoms with van der Waals surface area (Å²) in [6.45, 7) is 1.94. The van der Waals surface area contributed by atoms with Crippen LogP contribution in [0.2, 0.25) is 0 Å². The van der Waals surface area contributed by atoms with Crippen LogP contribution in [-0.4, -0.2) is 18.1 Å². The fraction of sp³-hybridized carbons (Fsp3) is 0.231. The molecular formula is C13H13FN2O2S. The summed E-state index contributed by atoms with van der Waals surface area (Å²) in [5.74, 6) is -0.725. The topological polar surface area (TPSA) is 51.2 Å². The quantitative estimate of drug-likeness (QED) is 0.873. The number of ether oxygens (including phenoxy) is 1. The molecule has 1 aromatic heterocycles. The van der Waals surface area contributed by atoms with Gasteiger partial charge >= 0.3 is 5.97 Å². The van der Waals surface area contributed by atoms with Gasteiger partial charge in [-0.2, -0.15) is 0 Å². The first kappa shape index (κ1) is 13.5. The summed E-state index contributed by atoms with van der Waals surface area (Å²) < 4.78 is 17.4. The van der Waals surface area contributed by atoms with Crippen molar-refractivity contribution in [3.8, 4) is 0 Å². The summed E-state index contributed by atoms with van der Waals surface area (Å²) in [5.41, 5.74) is 1.22. The highest BCUT2D eigenvalue weighted by atomic mass is 32.1. The Morgan fingerprint density at radius 1 is 1.42 bits per heavy atom. The van der Waals surface area contributed by atoms with E-state index in [1.165, 1.54) is 30.6 Å². The van der Waals surface area contributed by atoms with Crippen molar-refractivity contribution in [2.45, 2.75) is 13.0 Å². The Hall–Kier alpha value is -1.95. The van der Waals surface area contributed by atoms with E-state index in [4.69, 9.17) is 0 Å². The predicted octanol–water partition coefficient (Wildman–Crippen LogP) is 3.24. The van der Waals surface area contributed by atoms with Crippen molar-refractivity contribution in [2.75, 3.05) is 12.4 Å². The first-order valence-corrected chi connectivity index (χ1v) is 6.54. The number of aromatic nitrogens is 1. The highest BCUT2D eigenvalue weighted by Crippen LogP contribution is 2.22. The maximum Gasteiger partial charge on any atom is 0.357 e. The number of halogens is 1. The molecule has 0 aliphatic carbocycles. The second kappa shape index (κ2) is 5.79. The second-order valence-corrected chi connectivity index (χ2v) is 4.81. The van der Waals surface area contributed by atoms with Gasteiger partial charge in [0.25, 0.3) is 0 Å². The lowest BCUT2D eigenvalue weighted by Gasteiger charge is -2.12. The molecule has 19 heavy (non-hydrogen) atoms. The molecule has 1 heterocycles. The third kappa shape index (κ3) is 3.29. The Kier molecular flexibility index (Phi) is 4.11. The largest absolute Gasteiger partial charge is 0.464 e. The van der Waals surface area contributed by atoms with E-state index >= 15 is 0 Å². The fourth-order valence-corrected chi connectivity index (χ4v) is 2.33. The predicted molar refractivity (Wildman–Crippen MR) is 71.9 cm³/mol. The Labute approximate surface area is 114 Å². The number of benzene rings is 1. The number of methoxy groups -OCH3 is 1. The molecule has 0 amide bonds. The van der Waals surface area contributed by atoms with Gasteiger partial charge in [-0.15, -0.1) is 11.3 Å². The Bertz CT molecular complexity index is 568. The van der Waals surface area contributed by atoms with E-state index < -0.39 is 5.97 Å². The average Bonchev–Trinajstić information content (AvgIpc) is 2.87. The molecule has 100 valence electrons. The molecule has 2 rings (SSSR count). The van der Waals surface area contributed by atoms with Crippen molar-refractivity contribution in [1.29, 1.82) is 0 Å². The van der Waals surface area contributed by atoms with Crippen molar-refractivity contribution in [1.82, 2.24) is 4.98 Å². The van der Waals surface area contributed by atoms with E-state index in [1.54, 1.807) is 17.5 Å². The second-order valence-electron chi connectivity index (χ2n) is 3.95. The summed E-state index contributed by atoms with van der Waals surface area (Å²) in [7, 11) is 1.32. The van der Waals surface area contributed by atoms with Gasteiger partial charge in [0.2, 0.25) is 0 Å². The number of nitrogens with one attached hydrogen (secondary N) is 1. The number of esters is 1. The standard InChI is InChI=1S/C13H13FN2O2S/c1-8(9-3-5-10(14)6-4-9)15-13-16-11(7-19-13)12(17)18-2/h3-8H,1-2H3,(H,15,16). The lowest BCUT2D eigenvalue weighted by molar-refractivity contribution is 0.0595. The molecule has 2 aromatic rings. The van der Waals surface area contributed by atoms with Crippen LogP contribution in [0, 0.1) is 5.82 Å². The summed E-state index contributed by atoms with van der Waals surface area (Å²) in [6, 6.07) is 6.21. The maximum atomic E-state index is 12.8. The van der Waals surface area contributed by atoms with Gasteiger partial charge in [0, 0.05) is 5.38 Å².